The number of piperidine rings is 2. The molecular weight excluding hydrogens is 222 g/mol. The molecule has 3 fully saturated rings. The first-order valence-electron chi connectivity index (χ1n) is 7.75. The molecule has 0 aromatic heterocycles. The van der Waals surface area contributed by atoms with Gasteiger partial charge in [-0.1, -0.05) is 0 Å². The normalized spacial score (nSPS) is 31.7. The van der Waals surface area contributed by atoms with Crippen molar-refractivity contribution in [3.63, 3.8) is 0 Å². The minimum Gasteiger partial charge on any atom is -0.306 e. The van der Waals surface area contributed by atoms with Crippen molar-refractivity contribution >= 4 is 0 Å². The summed E-state index contributed by atoms with van der Waals surface area (Å²) in [4.78, 5) is 7.71. The lowest BCUT2D eigenvalue weighted by molar-refractivity contribution is -0.0528. The maximum absolute atomic E-state index is 2.74. The Hall–Kier alpha value is -0.120. The highest BCUT2D eigenvalue weighted by Gasteiger charge is 2.44. The Morgan fingerprint density at radius 3 is 2.06 bits per heavy atom. The molecule has 0 aromatic carbocycles. The fraction of sp³-hybridized carbons (Fsp3) is 1.00. The quantitative estimate of drug-likeness (QED) is 0.734. The van der Waals surface area contributed by atoms with Gasteiger partial charge in [0.25, 0.3) is 0 Å². The highest BCUT2D eigenvalue weighted by molar-refractivity contribution is 4.98. The molecule has 3 rings (SSSR count). The van der Waals surface area contributed by atoms with Gasteiger partial charge in [0.2, 0.25) is 0 Å². The van der Waals surface area contributed by atoms with Crippen LogP contribution in [0.15, 0.2) is 0 Å². The zero-order valence-corrected chi connectivity index (χ0v) is 12.2. The number of nitrogens with zero attached hydrogens (tertiary/aromatic N) is 3. The van der Waals surface area contributed by atoms with Crippen molar-refractivity contribution in [1.82, 2.24) is 14.7 Å². The van der Waals surface area contributed by atoms with Gasteiger partial charge in [-0.15, -0.1) is 0 Å². The molecule has 18 heavy (non-hydrogen) atoms. The SMILES string of the molecule is CN1CCC(CN2CC3(CCN(C)CC3)C2)CC1. The van der Waals surface area contributed by atoms with Crippen LogP contribution in [0.4, 0.5) is 0 Å². The number of likely N-dealkylation sites (tertiary alicyclic amines) is 3. The van der Waals surface area contributed by atoms with Gasteiger partial charge < -0.3 is 14.7 Å². The molecule has 0 N–H and O–H groups in total. The van der Waals surface area contributed by atoms with Crippen molar-refractivity contribution in [2.24, 2.45) is 11.3 Å². The Labute approximate surface area is 112 Å². The molecule has 3 nitrogen and oxygen atoms in total. The van der Waals surface area contributed by atoms with Crippen LogP contribution in [-0.4, -0.2) is 74.6 Å². The van der Waals surface area contributed by atoms with Gasteiger partial charge in [0, 0.05) is 19.6 Å². The number of hydrogen-bond donors (Lipinski definition) is 0. The van der Waals surface area contributed by atoms with E-state index in [1.54, 1.807) is 0 Å². The molecule has 3 aliphatic heterocycles. The summed E-state index contributed by atoms with van der Waals surface area (Å²) in [5, 5.41) is 0. The van der Waals surface area contributed by atoms with Crippen LogP contribution in [0.25, 0.3) is 0 Å². The largest absolute Gasteiger partial charge is 0.306 e. The summed E-state index contributed by atoms with van der Waals surface area (Å²) in [6.07, 6.45) is 5.71. The van der Waals surface area contributed by atoms with E-state index < -0.39 is 0 Å². The van der Waals surface area contributed by atoms with E-state index in [9.17, 15) is 0 Å². The molecule has 0 aliphatic carbocycles. The van der Waals surface area contributed by atoms with Crippen LogP contribution in [0.5, 0.6) is 0 Å². The van der Waals surface area contributed by atoms with E-state index in [1.165, 1.54) is 71.5 Å². The minimum atomic E-state index is 0.720. The van der Waals surface area contributed by atoms with E-state index in [-0.39, 0.29) is 0 Å². The van der Waals surface area contributed by atoms with Crippen LogP contribution in [-0.2, 0) is 0 Å². The van der Waals surface area contributed by atoms with Crippen LogP contribution in [0.1, 0.15) is 25.7 Å². The van der Waals surface area contributed by atoms with Gasteiger partial charge in [-0.05, 0) is 77.3 Å². The van der Waals surface area contributed by atoms with Crippen molar-refractivity contribution < 1.29 is 0 Å². The molecule has 0 amide bonds. The molecule has 0 aromatic rings. The fourth-order valence-electron chi connectivity index (χ4n) is 4.05. The highest BCUT2D eigenvalue weighted by Crippen LogP contribution is 2.40. The molecule has 0 unspecified atom stereocenters. The third-order valence-corrected chi connectivity index (χ3v) is 5.52. The summed E-state index contributed by atoms with van der Waals surface area (Å²) in [6.45, 7) is 9.44. The van der Waals surface area contributed by atoms with Gasteiger partial charge >= 0.3 is 0 Å². The van der Waals surface area contributed by atoms with Gasteiger partial charge in [0.1, 0.15) is 0 Å². The fourth-order valence-corrected chi connectivity index (χ4v) is 4.05. The predicted molar refractivity (Wildman–Crippen MR) is 75.8 cm³/mol. The molecule has 1 spiro atoms. The molecule has 3 aliphatic rings. The zero-order valence-electron chi connectivity index (χ0n) is 12.2. The number of rotatable bonds is 2. The van der Waals surface area contributed by atoms with Crippen LogP contribution in [0, 0.1) is 11.3 Å². The topological polar surface area (TPSA) is 9.72 Å². The minimum absolute atomic E-state index is 0.720. The first-order chi connectivity index (χ1) is 8.65. The molecule has 0 saturated carbocycles. The summed E-state index contributed by atoms with van der Waals surface area (Å²) in [7, 11) is 4.52. The van der Waals surface area contributed by atoms with Crippen molar-refractivity contribution in [3.8, 4) is 0 Å². The lowest BCUT2D eigenvalue weighted by atomic mass is 9.71. The Morgan fingerprint density at radius 2 is 1.44 bits per heavy atom. The van der Waals surface area contributed by atoms with Crippen molar-refractivity contribution in [3.05, 3.63) is 0 Å². The van der Waals surface area contributed by atoms with Crippen LogP contribution < -0.4 is 0 Å². The molecule has 0 bridgehead atoms. The van der Waals surface area contributed by atoms with Gasteiger partial charge in [-0.3, -0.25) is 0 Å². The van der Waals surface area contributed by atoms with Crippen LogP contribution >= 0.6 is 0 Å². The predicted octanol–water partition coefficient (Wildman–Crippen LogP) is 1.36. The molecule has 3 saturated heterocycles. The Kier molecular flexibility index (Phi) is 3.65. The second kappa shape index (κ2) is 5.10. The Bertz CT molecular complexity index is 265. The Morgan fingerprint density at radius 1 is 0.889 bits per heavy atom. The maximum Gasteiger partial charge on any atom is 0.00516 e. The molecule has 0 atom stereocenters. The van der Waals surface area contributed by atoms with E-state index in [1.807, 2.05) is 0 Å². The second-order valence-electron chi connectivity index (χ2n) is 7.22. The zero-order chi connectivity index (χ0) is 12.6. The van der Waals surface area contributed by atoms with Crippen LogP contribution in [0.3, 0.4) is 0 Å². The van der Waals surface area contributed by atoms with Crippen molar-refractivity contribution in [2.75, 3.05) is 59.9 Å². The Balaban J connectivity index is 1.40. The van der Waals surface area contributed by atoms with E-state index in [0.717, 1.165) is 11.3 Å². The average Bonchev–Trinajstić information content (AvgIpc) is 2.33. The summed E-state index contributed by atoms with van der Waals surface area (Å²) in [6, 6.07) is 0. The summed E-state index contributed by atoms with van der Waals surface area (Å²) in [5.74, 6) is 0.977. The highest BCUT2D eigenvalue weighted by atomic mass is 15.2. The van der Waals surface area contributed by atoms with E-state index in [2.05, 4.69) is 28.8 Å². The van der Waals surface area contributed by atoms with E-state index in [4.69, 9.17) is 0 Å². The smallest absolute Gasteiger partial charge is 0.00516 e. The molecule has 3 heterocycles. The van der Waals surface area contributed by atoms with E-state index >= 15 is 0 Å². The summed E-state index contributed by atoms with van der Waals surface area (Å²) in [5.41, 5.74) is 0.720. The van der Waals surface area contributed by atoms with Crippen molar-refractivity contribution in [2.45, 2.75) is 25.7 Å². The third kappa shape index (κ3) is 2.73. The van der Waals surface area contributed by atoms with Crippen LogP contribution in [0.2, 0.25) is 0 Å². The summed E-state index contributed by atoms with van der Waals surface area (Å²) < 4.78 is 0. The standard InChI is InChI=1S/C15H29N3/c1-16-7-3-14(4-8-16)11-18-12-15(13-18)5-9-17(2)10-6-15/h14H,3-13H2,1-2H3. The third-order valence-electron chi connectivity index (χ3n) is 5.52. The second-order valence-corrected chi connectivity index (χ2v) is 7.22. The first kappa shape index (κ1) is 12.9. The van der Waals surface area contributed by atoms with Crippen molar-refractivity contribution in [1.29, 1.82) is 0 Å². The summed E-state index contributed by atoms with van der Waals surface area (Å²) >= 11 is 0. The molecule has 3 heteroatoms. The van der Waals surface area contributed by atoms with Gasteiger partial charge in [-0.2, -0.15) is 0 Å². The average molecular weight is 251 g/mol. The monoisotopic (exact) mass is 251 g/mol. The lowest BCUT2D eigenvalue weighted by Gasteiger charge is -2.55. The number of hydrogen-bond acceptors (Lipinski definition) is 3. The molecule has 0 radical (unpaired) electrons. The van der Waals surface area contributed by atoms with E-state index in [0.29, 0.717) is 0 Å². The molecule has 104 valence electrons. The van der Waals surface area contributed by atoms with Gasteiger partial charge in [0.15, 0.2) is 0 Å². The lowest BCUT2D eigenvalue weighted by Crippen LogP contribution is -2.60. The maximum atomic E-state index is 2.74. The van der Waals surface area contributed by atoms with Gasteiger partial charge in [0.05, 0.1) is 0 Å². The molecular formula is C15H29N3. The van der Waals surface area contributed by atoms with Gasteiger partial charge in [-0.25, -0.2) is 0 Å². The first-order valence-corrected chi connectivity index (χ1v) is 7.75.